The monoisotopic (exact) mass is 439 g/mol. The van der Waals surface area contributed by atoms with Crippen LogP contribution < -0.4 is 0 Å². The highest BCUT2D eigenvalue weighted by Gasteiger charge is 2.42. The van der Waals surface area contributed by atoms with Crippen LogP contribution >= 0.6 is 11.9 Å². The molecule has 0 fully saturated rings. The van der Waals surface area contributed by atoms with Gasteiger partial charge in [0.15, 0.2) is 8.32 Å². The first kappa shape index (κ1) is 25.7. The average molecular weight is 440 g/mol. The molecule has 29 heavy (non-hydrogen) atoms. The zero-order valence-electron chi connectivity index (χ0n) is 19.5. The molecule has 0 unspecified atom stereocenters. The van der Waals surface area contributed by atoms with Crippen molar-refractivity contribution in [3.05, 3.63) is 29.8 Å². The Morgan fingerprint density at radius 2 is 1.62 bits per heavy atom. The maximum atomic E-state index is 13.0. The molecule has 0 aliphatic rings. The maximum absolute atomic E-state index is 13.0. The van der Waals surface area contributed by atoms with Crippen LogP contribution in [0, 0.1) is 6.92 Å². The molecule has 0 bridgehead atoms. The van der Waals surface area contributed by atoms with Crippen molar-refractivity contribution in [2.24, 2.45) is 0 Å². The molecule has 164 valence electrons. The minimum Gasteiger partial charge on any atom is -0.443 e. The molecule has 0 aromatic heterocycles. The summed E-state index contributed by atoms with van der Waals surface area (Å²) in [5, 5.41) is -0.0468. The quantitative estimate of drug-likeness (QED) is 0.287. The predicted octanol–water partition coefficient (Wildman–Crippen LogP) is 6.22. The van der Waals surface area contributed by atoms with Crippen LogP contribution in [0.1, 0.15) is 54.0 Å². The van der Waals surface area contributed by atoms with Crippen LogP contribution in [-0.4, -0.2) is 42.7 Å². The van der Waals surface area contributed by atoms with Crippen LogP contribution in [0.15, 0.2) is 29.2 Å². The number of rotatable bonds is 7. The molecule has 0 spiro atoms. The van der Waals surface area contributed by atoms with E-state index in [1.54, 1.807) is 0 Å². The molecule has 1 aromatic carbocycles. The smallest absolute Gasteiger partial charge is 0.421 e. The molecule has 0 saturated carbocycles. The second-order valence-corrected chi connectivity index (χ2v) is 15.7. The highest BCUT2D eigenvalue weighted by Crippen LogP contribution is 2.38. The first-order valence-corrected chi connectivity index (χ1v) is 13.7. The lowest BCUT2D eigenvalue weighted by Crippen LogP contribution is -2.51. The molecule has 0 heterocycles. The minimum atomic E-state index is -2.20. The molecule has 1 rings (SSSR count). The molecular weight excluding hydrogens is 402 g/mol. The number of carbonyl (C=O) groups is 2. The SMILES string of the molecule is Cc1ccc(SN(C(=O)OC(C)(C)C)[C@@H](C)[C@@H](C=O)O[Si](C)(C)C(C)(C)C)cc1. The molecule has 0 N–H and O–H groups in total. The van der Waals surface area contributed by atoms with Crippen molar-refractivity contribution in [3.63, 3.8) is 0 Å². The van der Waals surface area contributed by atoms with Gasteiger partial charge in [-0.25, -0.2) is 9.10 Å². The zero-order valence-corrected chi connectivity index (χ0v) is 21.3. The van der Waals surface area contributed by atoms with Crippen molar-refractivity contribution < 1.29 is 18.8 Å². The average Bonchev–Trinajstić information content (AvgIpc) is 2.56. The number of ether oxygens (including phenoxy) is 1. The van der Waals surface area contributed by atoms with E-state index in [4.69, 9.17) is 9.16 Å². The van der Waals surface area contributed by atoms with E-state index in [9.17, 15) is 9.59 Å². The maximum Gasteiger partial charge on any atom is 0.421 e. The Morgan fingerprint density at radius 3 is 2.03 bits per heavy atom. The van der Waals surface area contributed by atoms with Gasteiger partial charge in [-0.2, -0.15) is 0 Å². The van der Waals surface area contributed by atoms with Gasteiger partial charge in [-0.15, -0.1) is 0 Å². The van der Waals surface area contributed by atoms with E-state index in [2.05, 4.69) is 33.9 Å². The summed E-state index contributed by atoms with van der Waals surface area (Å²) in [6, 6.07) is 7.39. The number of carbonyl (C=O) groups excluding carboxylic acids is 2. The third-order valence-electron chi connectivity index (χ3n) is 5.01. The first-order valence-electron chi connectivity index (χ1n) is 9.97. The van der Waals surface area contributed by atoms with Gasteiger partial charge in [0, 0.05) is 4.90 Å². The predicted molar refractivity (Wildman–Crippen MR) is 123 cm³/mol. The van der Waals surface area contributed by atoms with Crippen LogP contribution in [-0.2, 0) is 14.0 Å². The number of hydrogen-bond acceptors (Lipinski definition) is 5. The molecule has 1 amide bonds. The Kier molecular flexibility index (Phi) is 8.57. The number of nitrogens with zero attached hydrogens (tertiary/aromatic N) is 1. The summed E-state index contributed by atoms with van der Waals surface area (Å²) in [6.45, 7) is 19.9. The van der Waals surface area contributed by atoms with Gasteiger partial charge < -0.3 is 14.0 Å². The van der Waals surface area contributed by atoms with Crippen LogP contribution in [0.5, 0.6) is 0 Å². The third kappa shape index (κ3) is 7.79. The topological polar surface area (TPSA) is 55.8 Å². The largest absolute Gasteiger partial charge is 0.443 e. The molecule has 0 radical (unpaired) electrons. The van der Waals surface area contributed by atoms with Crippen molar-refractivity contribution in [2.75, 3.05) is 0 Å². The summed E-state index contributed by atoms with van der Waals surface area (Å²) in [5.74, 6) is 0. The molecule has 0 aliphatic heterocycles. The van der Waals surface area contributed by atoms with E-state index in [-0.39, 0.29) is 5.04 Å². The van der Waals surface area contributed by atoms with Crippen LogP contribution in [0.25, 0.3) is 0 Å². The fraction of sp³-hybridized carbons (Fsp3) is 0.636. The molecule has 0 aliphatic carbocycles. The highest BCUT2D eigenvalue weighted by molar-refractivity contribution is 7.97. The third-order valence-corrected chi connectivity index (χ3v) is 10.6. The fourth-order valence-electron chi connectivity index (χ4n) is 2.20. The molecular formula is C22H37NO4SSi. The molecule has 1 aromatic rings. The van der Waals surface area contributed by atoms with Crippen LogP contribution in [0.2, 0.25) is 18.1 Å². The number of amides is 1. The van der Waals surface area contributed by atoms with Crippen molar-refractivity contribution >= 4 is 32.6 Å². The van der Waals surface area contributed by atoms with E-state index >= 15 is 0 Å². The summed E-state index contributed by atoms with van der Waals surface area (Å²) in [6.07, 6.45) is -0.416. The highest BCUT2D eigenvalue weighted by atomic mass is 32.2. The summed E-state index contributed by atoms with van der Waals surface area (Å²) in [5.41, 5.74) is 0.498. The van der Waals surface area contributed by atoms with Gasteiger partial charge in [-0.3, -0.25) is 0 Å². The van der Waals surface area contributed by atoms with Crippen molar-refractivity contribution in [2.45, 2.75) is 96.2 Å². The Balaban J connectivity index is 3.18. The normalized spacial score (nSPS) is 14.8. The summed E-state index contributed by atoms with van der Waals surface area (Å²) < 4.78 is 13.5. The Bertz CT molecular complexity index is 692. The van der Waals surface area contributed by atoms with Crippen LogP contribution in [0.3, 0.4) is 0 Å². The molecule has 2 atom stereocenters. The second kappa shape index (κ2) is 9.66. The number of aldehydes is 1. The summed E-state index contributed by atoms with van der Waals surface area (Å²) in [7, 11) is -2.20. The van der Waals surface area contributed by atoms with E-state index in [1.807, 2.05) is 58.9 Å². The fourth-order valence-corrected chi connectivity index (χ4v) is 4.37. The van der Waals surface area contributed by atoms with Gasteiger partial charge in [0.25, 0.3) is 0 Å². The lowest BCUT2D eigenvalue weighted by Gasteiger charge is -2.41. The minimum absolute atomic E-state index is 0.0468. The van der Waals surface area contributed by atoms with Gasteiger partial charge in [-0.05, 0) is 76.8 Å². The molecule has 5 nitrogen and oxygen atoms in total. The Morgan fingerprint density at radius 1 is 1.10 bits per heavy atom. The van der Waals surface area contributed by atoms with Gasteiger partial charge in [0.05, 0.1) is 6.04 Å². The van der Waals surface area contributed by atoms with Gasteiger partial charge >= 0.3 is 6.09 Å². The lowest BCUT2D eigenvalue weighted by molar-refractivity contribution is -0.115. The number of benzene rings is 1. The van der Waals surface area contributed by atoms with Gasteiger partial charge in [0.1, 0.15) is 18.0 Å². The standard InChI is InChI=1S/C22H37NO4SSi/c1-16-11-13-18(14-12-16)28-23(20(25)26-21(3,4)5)17(2)19(15-24)27-29(9,10)22(6,7)8/h11-15,17,19H,1-10H3/t17-,19+/m0/s1. The first-order chi connectivity index (χ1) is 13.1. The van der Waals surface area contributed by atoms with Gasteiger partial charge in [-0.1, -0.05) is 38.5 Å². The van der Waals surface area contributed by atoms with Gasteiger partial charge in [0.2, 0.25) is 0 Å². The summed E-state index contributed by atoms with van der Waals surface area (Å²) >= 11 is 1.27. The van der Waals surface area contributed by atoms with E-state index < -0.39 is 32.2 Å². The number of aryl methyl sites for hydroxylation is 1. The van der Waals surface area contributed by atoms with Crippen molar-refractivity contribution in [1.29, 1.82) is 0 Å². The van der Waals surface area contributed by atoms with E-state index in [0.717, 1.165) is 16.7 Å². The Hall–Kier alpha value is -1.31. The second-order valence-electron chi connectivity index (χ2n) is 9.93. The molecule has 0 saturated heterocycles. The van der Waals surface area contributed by atoms with Crippen molar-refractivity contribution in [1.82, 2.24) is 4.31 Å². The zero-order chi connectivity index (χ0) is 22.6. The van der Waals surface area contributed by atoms with Crippen molar-refractivity contribution in [3.8, 4) is 0 Å². The summed E-state index contributed by atoms with van der Waals surface area (Å²) in [4.78, 5) is 25.8. The van der Waals surface area contributed by atoms with E-state index in [0.29, 0.717) is 0 Å². The van der Waals surface area contributed by atoms with Crippen LogP contribution in [0.4, 0.5) is 4.79 Å². The number of hydrogen-bond donors (Lipinski definition) is 0. The van der Waals surface area contributed by atoms with E-state index in [1.165, 1.54) is 16.3 Å². The molecule has 7 heteroatoms. The Labute approximate surface area is 181 Å². The lowest BCUT2D eigenvalue weighted by atomic mass is 10.2.